The van der Waals surface area contributed by atoms with Gasteiger partial charge in [-0.15, -0.1) is 0 Å². The summed E-state index contributed by atoms with van der Waals surface area (Å²) in [7, 11) is 1.61. The summed E-state index contributed by atoms with van der Waals surface area (Å²) in [5.74, 6) is 0.782. The van der Waals surface area contributed by atoms with Crippen LogP contribution >= 0.6 is 28.1 Å². The smallest absolute Gasteiger partial charge is 0.288 e. The van der Waals surface area contributed by atoms with Crippen LogP contribution in [0.4, 0.5) is 5.69 Å². The van der Waals surface area contributed by atoms with Crippen molar-refractivity contribution in [1.29, 1.82) is 0 Å². The number of halogens is 1. The van der Waals surface area contributed by atoms with Crippen molar-refractivity contribution in [2.45, 2.75) is 6.92 Å². The molecule has 0 aliphatic heterocycles. The van der Waals surface area contributed by atoms with Crippen molar-refractivity contribution in [3.8, 4) is 5.75 Å². The average molecular weight is 456 g/mol. The highest BCUT2D eigenvalue weighted by Crippen LogP contribution is 2.22. The minimum absolute atomic E-state index is 0.0657. The molecule has 0 saturated carbocycles. The minimum atomic E-state index is 0.0657. The summed E-state index contributed by atoms with van der Waals surface area (Å²) in [4.78, 5) is 0.405. The van der Waals surface area contributed by atoms with Gasteiger partial charge in [0.2, 0.25) is 0 Å². The van der Waals surface area contributed by atoms with Gasteiger partial charge in [0.15, 0.2) is 23.1 Å². The van der Waals surface area contributed by atoms with E-state index in [1.54, 1.807) is 35.9 Å². The Labute approximate surface area is 178 Å². The molecule has 0 atom stereocenters. The number of methoxy groups -OCH3 is 1. The number of anilines is 1. The molecule has 0 bridgehead atoms. The van der Waals surface area contributed by atoms with E-state index in [2.05, 4.69) is 21.2 Å². The lowest BCUT2D eigenvalue weighted by Crippen LogP contribution is -2.38. The molecule has 0 unspecified atom stereocenters. The zero-order chi connectivity index (χ0) is 20.1. The number of nitrogens with zero attached hydrogens (tertiary/aromatic N) is 1. The Bertz CT molecular complexity index is 1030. The van der Waals surface area contributed by atoms with Crippen LogP contribution in [0.2, 0.25) is 0 Å². The molecule has 0 radical (unpaired) electrons. The van der Waals surface area contributed by atoms with Gasteiger partial charge in [-0.05, 0) is 70.9 Å². The van der Waals surface area contributed by atoms with E-state index in [9.17, 15) is 5.11 Å². The third kappa shape index (κ3) is 4.77. The predicted molar refractivity (Wildman–Crippen MR) is 120 cm³/mol. The number of pyridine rings is 1. The quantitative estimate of drug-likeness (QED) is 0.234. The highest BCUT2D eigenvalue weighted by Gasteiger charge is 2.24. The van der Waals surface area contributed by atoms with E-state index >= 15 is 0 Å². The number of rotatable bonds is 5. The van der Waals surface area contributed by atoms with E-state index in [1.807, 2.05) is 55.7 Å². The summed E-state index contributed by atoms with van der Waals surface area (Å²) < 4.78 is 7.86. The Morgan fingerprint density at radius 1 is 1.11 bits per heavy atom. The highest BCUT2D eigenvalue weighted by atomic mass is 79.9. The van der Waals surface area contributed by atoms with Crippen LogP contribution in [0.25, 0.3) is 11.5 Å². The number of hydrogen-bond donors (Lipinski definition) is 2. The zero-order valence-corrected chi connectivity index (χ0v) is 17.9. The number of thiocarbonyl (C=S) groups is 1. The van der Waals surface area contributed by atoms with Gasteiger partial charge in [0.25, 0.3) is 5.70 Å². The van der Waals surface area contributed by atoms with E-state index in [4.69, 9.17) is 17.0 Å². The van der Waals surface area contributed by atoms with Crippen molar-refractivity contribution >= 4 is 50.3 Å². The van der Waals surface area contributed by atoms with Crippen molar-refractivity contribution in [3.05, 3.63) is 88.7 Å². The Morgan fingerprint density at radius 2 is 1.86 bits per heavy atom. The zero-order valence-electron chi connectivity index (χ0n) is 15.5. The molecule has 2 aromatic carbocycles. The second-order valence-corrected chi connectivity index (χ2v) is 7.50. The average Bonchev–Trinajstić information content (AvgIpc) is 2.68. The van der Waals surface area contributed by atoms with Crippen LogP contribution in [0, 0.1) is 6.92 Å². The lowest BCUT2D eigenvalue weighted by atomic mass is 10.1. The SMILES string of the molecule is COc1ccc(/C(O)=C(\C(=S)Nc2cccc(C)c2)[n+]2cccc(Br)c2)cc1. The molecule has 3 rings (SSSR count). The Hall–Kier alpha value is -2.70. The van der Waals surface area contributed by atoms with Crippen molar-refractivity contribution in [2.24, 2.45) is 0 Å². The van der Waals surface area contributed by atoms with Crippen molar-refractivity contribution in [1.82, 2.24) is 0 Å². The van der Waals surface area contributed by atoms with Crippen molar-refractivity contribution in [2.75, 3.05) is 12.4 Å². The molecule has 142 valence electrons. The van der Waals surface area contributed by atoms with Gasteiger partial charge in [0.1, 0.15) is 5.75 Å². The van der Waals surface area contributed by atoms with E-state index in [0.717, 1.165) is 15.7 Å². The highest BCUT2D eigenvalue weighted by molar-refractivity contribution is 9.10. The van der Waals surface area contributed by atoms with Crippen molar-refractivity contribution in [3.63, 3.8) is 0 Å². The van der Waals surface area contributed by atoms with Crippen LogP contribution in [-0.4, -0.2) is 17.2 Å². The summed E-state index contributed by atoms with van der Waals surface area (Å²) in [6.07, 6.45) is 3.68. The fourth-order valence-electron chi connectivity index (χ4n) is 2.73. The summed E-state index contributed by atoms with van der Waals surface area (Å²) in [5.41, 5.74) is 3.09. The van der Waals surface area contributed by atoms with E-state index in [0.29, 0.717) is 22.0 Å². The Morgan fingerprint density at radius 3 is 2.50 bits per heavy atom. The first-order valence-corrected chi connectivity index (χ1v) is 9.81. The number of hydrogen-bond acceptors (Lipinski definition) is 3. The lowest BCUT2D eigenvalue weighted by Gasteiger charge is -2.11. The molecule has 0 aliphatic carbocycles. The maximum absolute atomic E-state index is 11.1. The molecule has 0 amide bonds. The second-order valence-electron chi connectivity index (χ2n) is 6.18. The number of benzene rings is 2. The first-order chi connectivity index (χ1) is 13.5. The summed E-state index contributed by atoms with van der Waals surface area (Å²) in [6, 6.07) is 18.9. The molecular formula is C22H20BrN2O2S+. The van der Waals surface area contributed by atoms with Crippen molar-refractivity contribution < 1.29 is 14.4 Å². The molecule has 2 N–H and O–H groups in total. The topological polar surface area (TPSA) is 45.4 Å². The predicted octanol–water partition coefficient (Wildman–Crippen LogP) is 5.38. The lowest BCUT2D eigenvalue weighted by molar-refractivity contribution is -0.576. The van der Waals surface area contributed by atoms with E-state index in [-0.39, 0.29) is 5.76 Å². The third-order valence-electron chi connectivity index (χ3n) is 4.10. The molecule has 1 aromatic heterocycles. The number of aromatic nitrogens is 1. The van der Waals surface area contributed by atoms with Crippen LogP contribution in [0.5, 0.6) is 5.75 Å². The molecule has 4 nitrogen and oxygen atoms in total. The third-order valence-corrected chi connectivity index (χ3v) is 4.87. The van der Waals surface area contributed by atoms with Crippen LogP contribution in [-0.2, 0) is 0 Å². The van der Waals surface area contributed by atoms with E-state index in [1.165, 1.54) is 0 Å². The number of aliphatic hydroxyl groups excluding tert-OH is 1. The van der Waals surface area contributed by atoms with E-state index < -0.39 is 0 Å². The molecule has 0 fully saturated rings. The standard InChI is InChI=1S/C22H19BrN2O2S/c1-15-5-3-7-18(13-15)24-22(28)20(25-12-4-6-17(23)14-25)21(26)16-8-10-19(27-2)11-9-16/h3-14H,1-2H3,(H-,24,26,28)/p+1. The first kappa shape index (κ1) is 20.0. The molecule has 0 saturated heterocycles. The number of ether oxygens (including phenoxy) is 1. The van der Waals surface area contributed by atoms with Gasteiger partial charge in [-0.25, -0.2) is 0 Å². The molecule has 28 heavy (non-hydrogen) atoms. The van der Waals surface area contributed by atoms with Gasteiger partial charge in [-0.3, -0.25) is 0 Å². The van der Waals surface area contributed by atoms with Crippen LogP contribution < -0.4 is 14.6 Å². The maximum atomic E-state index is 11.1. The normalized spacial score (nSPS) is 11.5. The molecule has 3 aromatic rings. The summed E-state index contributed by atoms with van der Waals surface area (Å²) in [6.45, 7) is 2.02. The summed E-state index contributed by atoms with van der Waals surface area (Å²) >= 11 is 9.14. The molecule has 0 aliphatic rings. The molecular weight excluding hydrogens is 436 g/mol. The molecule has 6 heteroatoms. The maximum Gasteiger partial charge on any atom is 0.288 e. The van der Waals surface area contributed by atoms with Gasteiger partial charge in [0, 0.05) is 17.3 Å². The van der Waals surface area contributed by atoms with Crippen LogP contribution in [0.1, 0.15) is 11.1 Å². The fourth-order valence-corrected chi connectivity index (χ4v) is 3.42. The van der Waals surface area contributed by atoms with Gasteiger partial charge in [-0.2, -0.15) is 4.57 Å². The molecule has 1 heterocycles. The van der Waals surface area contributed by atoms with Gasteiger partial charge >= 0.3 is 0 Å². The number of aryl methyl sites for hydroxylation is 1. The number of nitrogens with one attached hydrogen (secondary N) is 1. The van der Waals surface area contributed by atoms with Crippen LogP contribution in [0.3, 0.4) is 0 Å². The fraction of sp³-hybridized carbons (Fsp3) is 0.0909. The monoisotopic (exact) mass is 455 g/mol. The Balaban J connectivity index is 2.07. The summed E-state index contributed by atoms with van der Waals surface area (Å²) in [5, 5.41) is 14.3. The minimum Gasteiger partial charge on any atom is -0.502 e. The largest absolute Gasteiger partial charge is 0.502 e. The Kier molecular flexibility index (Phi) is 6.44. The number of aliphatic hydroxyl groups is 1. The van der Waals surface area contributed by atoms with Gasteiger partial charge in [-0.1, -0.05) is 24.4 Å². The van der Waals surface area contributed by atoms with Crippen LogP contribution in [0.15, 0.2) is 77.5 Å². The van der Waals surface area contributed by atoms with Gasteiger partial charge in [0.05, 0.1) is 11.6 Å². The van der Waals surface area contributed by atoms with Gasteiger partial charge < -0.3 is 15.2 Å². The molecule has 0 spiro atoms. The second kappa shape index (κ2) is 8.99. The first-order valence-electron chi connectivity index (χ1n) is 8.61.